The van der Waals surface area contributed by atoms with Crippen molar-refractivity contribution >= 4 is 35.8 Å². The number of hydrogen-bond donors (Lipinski definition) is 2. The molecule has 1 aromatic heterocycles. The predicted octanol–water partition coefficient (Wildman–Crippen LogP) is 1.77. The fourth-order valence-electron chi connectivity index (χ4n) is 2.66. The van der Waals surface area contributed by atoms with Crippen molar-refractivity contribution in [2.75, 3.05) is 26.7 Å². The van der Waals surface area contributed by atoms with Gasteiger partial charge in [0, 0.05) is 38.2 Å². The Kier molecular flexibility index (Phi) is 9.54. The SMILES string of the molecule is CCNC(=NCc1cccc(OC)n1)NC1CCN(C(=O)CC)C1.I. The average Bonchev–Trinajstić information content (AvgIpc) is 3.08. The van der Waals surface area contributed by atoms with E-state index < -0.39 is 0 Å². The first-order valence-corrected chi connectivity index (χ1v) is 8.48. The van der Waals surface area contributed by atoms with E-state index in [9.17, 15) is 4.79 Å². The molecule has 0 aromatic carbocycles. The van der Waals surface area contributed by atoms with Crippen LogP contribution in [0.4, 0.5) is 0 Å². The minimum Gasteiger partial charge on any atom is -0.481 e. The molecule has 0 aliphatic carbocycles. The topological polar surface area (TPSA) is 78.9 Å². The summed E-state index contributed by atoms with van der Waals surface area (Å²) in [6.45, 7) is 6.71. The fraction of sp³-hybridized carbons (Fsp3) is 0.588. The standard InChI is InChI=1S/C17H27N5O2.HI/c1-4-16(23)22-10-9-14(12-22)21-17(18-5-2)19-11-13-7-6-8-15(20-13)24-3;/h6-8,14H,4-5,9-12H2,1-3H3,(H2,18,19,21);1H. The van der Waals surface area contributed by atoms with Crippen molar-refractivity contribution in [1.29, 1.82) is 0 Å². The number of amides is 1. The van der Waals surface area contributed by atoms with Crippen molar-refractivity contribution in [2.45, 2.75) is 39.3 Å². The van der Waals surface area contributed by atoms with Gasteiger partial charge in [-0.05, 0) is 19.4 Å². The van der Waals surface area contributed by atoms with E-state index in [1.807, 2.05) is 36.9 Å². The molecule has 1 aliphatic rings. The van der Waals surface area contributed by atoms with Crippen LogP contribution in [0.1, 0.15) is 32.4 Å². The van der Waals surface area contributed by atoms with Gasteiger partial charge in [-0.1, -0.05) is 13.0 Å². The molecule has 1 atom stereocenters. The molecule has 1 amide bonds. The van der Waals surface area contributed by atoms with E-state index in [0.717, 1.165) is 37.7 Å². The van der Waals surface area contributed by atoms with Crippen LogP contribution < -0.4 is 15.4 Å². The van der Waals surface area contributed by atoms with Gasteiger partial charge in [0.15, 0.2) is 5.96 Å². The first-order valence-electron chi connectivity index (χ1n) is 8.48. The summed E-state index contributed by atoms with van der Waals surface area (Å²) in [4.78, 5) is 22.6. The predicted molar refractivity (Wildman–Crippen MR) is 109 cm³/mol. The molecule has 1 unspecified atom stereocenters. The summed E-state index contributed by atoms with van der Waals surface area (Å²) in [6, 6.07) is 5.88. The molecule has 0 bridgehead atoms. The van der Waals surface area contributed by atoms with E-state index in [1.54, 1.807) is 7.11 Å². The first kappa shape index (κ1) is 21.5. The maximum Gasteiger partial charge on any atom is 0.222 e. The van der Waals surface area contributed by atoms with Crippen molar-refractivity contribution in [3.05, 3.63) is 23.9 Å². The van der Waals surface area contributed by atoms with Gasteiger partial charge in [0.2, 0.25) is 11.8 Å². The number of carbonyl (C=O) groups is 1. The second kappa shape index (κ2) is 11.1. The highest BCUT2D eigenvalue weighted by atomic mass is 127. The molecule has 1 fully saturated rings. The lowest BCUT2D eigenvalue weighted by Gasteiger charge is -2.18. The third-order valence-electron chi connectivity index (χ3n) is 3.92. The van der Waals surface area contributed by atoms with E-state index in [4.69, 9.17) is 4.74 Å². The highest BCUT2D eigenvalue weighted by Gasteiger charge is 2.25. The van der Waals surface area contributed by atoms with E-state index >= 15 is 0 Å². The van der Waals surface area contributed by atoms with Gasteiger partial charge in [-0.2, -0.15) is 0 Å². The van der Waals surface area contributed by atoms with Crippen LogP contribution in [0.5, 0.6) is 5.88 Å². The van der Waals surface area contributed by atoms with E-state index in [2.05, 4.69) is 20.6 Å². The molecule has 1 saturated heterocycles. The third-order valence-corrected chi connectivity index (χ3v) is 3.92. The highest BCUT2D eigenvalue weighted by Crippen LogP contribution is 2.11. The second-order valence-electron chi connectivity index (χ2n) is 5.69. The zero-order valence-electron chi connectivity index (χ0n) is 15.1. The molecule has 2 N–H and O–H groups in total. The number of guanidine groups is 1. The number of halogens is 1. The van der Waals surface area contributed by atoms with E-state index in [1.165, 1.54) is 0 Å². The number of aromatic nitrogens is 1. The number of hydrogen-bond acceptors (Lipinski definition) is 4. The van der Waals surface area contributed by atoms with Crippen LogP contribution in [0.2, 0.25) is 0 Å². The average molecular weight is 461 g/mol. The van der Waals surface area contributed by atoms with Gasteiger partial charge in [-0.3, -0.25) is 4.79 Å². The normalized spacial score (nSPS) is 17.0. The molecule has 0 saturated carbocycles. The molecule has 1 aliphatic heterocycles. The maximum absolute atomic E-state index is 11.8. The molecule has 7 nitrogen and oxygen atoms in total. The van der Waals surface area contributed by atoms with Crippen molar-refractivity contribution in [2.24, 2.45) is 4.99 Å². The van der Waals surface area contributed by atoms with Crippen molar-refractivity contribution in [3.8, 4) is 5.88 Å². The Morgan fingerprint density at radius 1 is 1.44 bits per heavy atom. The number of ether oxygens (including phenoxy) is 1. The van der Waals surface area contributed by atoms with Crippen LogP contribution in [0, 0.1) is 0 Å². The summed E-state index contributed by atoms with van der Waals surface area (Å²) >= 11 is 0. The largest absolute Gasteiger partial charge is 0.481 e. The van der Waals surface area contributed by atoms with Crippen molar-refractivity contribution in [1.82, 2.24) is 20.5 Å². The summed E-state index contributed by atoms with van der Waals surface area (Å²) in [5.41, 5.74) is 0.848. The number of methoxy groups -OCH3 is 1. The second-order valence-corrected chi connectivity index (χ2v) is 5.69. The first-order chi connectivity index (χ1) is 11.7. The van der Waals surface area contributed by atoms with Crippen LogP contribution >= 0.6 is 24.0 Å². The number of likely N-dealkylation sites (tertiary alicyclic amines) is 1. The number of aliphatic imine (C=N–C) groups is 1. The van der Waals surface area contributed by atoms with Crippen LogP contribution in [0.3, 0.4) is 0 Å². The number of rotatable bonds is 6. The molecule has 0 radical (unpaired) electrons. The smallest absolute Gasteiger partial charge is 0.222 e. The molecule has 25 heavy (non-hydrogen) atoms. The lowest BCUT2D eigenvalue weighted by atomic mass is 10.3. The summed E-state index contributed by atoms with van der Waals surface area (Å²) < 4.78 is 5.13. The highest BCUT2D eigenvalue weighted by molar-refractivity contribution is 14.0. The monoisotopic (exact) mass is 461 g/mol. The van der Waals surface area contributed by atoms with Crippen LogP contribution in [0.15, 0.2) is 23.2 Å². The molecule has 1 aromatic rings. The Hall–Kier alpha value is -1.58. The summed E-state index contributed by atoms with van der Waals surface area (Å²) in [5, 5.41) is 6.65. The minimum absolute atomic E-state index is 0. The molecule has 2 heterocycles. The molecular formula is C17H28IN5O2. The molecule has 0 spiro atoms. The number of pyridine rings is 1. The zero-order valence-corrected chi connectivity index (χ0v) is 17.4. The van der Waals surface area contributed by atoms with Crippen molar-refractivity contribution in [3.63, 3.8) is 0 Å². The van der Waals surface area contributed by atoms with Gasteiger partial charge in [-0.15, -0.1) is 24.0 Å². The summed E-state index contributed by atoms with van der Waals surface area (Å²) in [7, 11) is 1.60. The molecule has 140 valence electrons. The van der Waals surface area contributed by atoms with Gasteiger partial charge in [0.25, 0.3) is 0 Å². The Labute approximate surface area is 166 Å². The van der Waals surface area contributed by atoms with Gasteiger partial charge < -0.3 is 20.3 Å². The number of nitrogens with zero attached hydrogens (tertiary/aromatic N) is 3. The Morgan fingerprint density at radius 2 is 2.24 bits per heavy atom. The fourth-order valence-corrected chi connectivity index (χ4v) is 2.66. The van der Waals surface area contributed by atoms with E-state index in [0.29, 0.717) is 18.8 Å². The molecule has 2 rings (SSSR count). The lowest BCUT2D eigenvalue weighted by molar-refractivity contribution is -0.129. The lowest BCUT2D eigenvalue weighted by Crippen LogP contribution is -2.45. The van der Waals surface area contributed by atoms with Gasteiger partial charge in [0.1, 0.15) is 0 Å². The number of nitrogens with one attached hydrogen (secondary N) is 2. The van der Waals surface area contributed by atoms with Gasteiger partial charge in [0.05, 0.1) is 19.3 Å². The minimum atomic E-state index is 0. The van der Waals surface area contributed by atoms with Crippen molar-refractivity contribution < 1.29 is 9.53 Å². The quantitative estimate of drug-likeness (QED) is 0.384. The summed E-state index contributed by atoms with van der Waals surface area (Å²) in [5.74, 6) is 1.55. The zero-order chi connectivity index (χ0) is 17.4. The Morgan fingerprint density at radius 3 is 2.92 bits per heavy atom. The molecular weight excluding hydrogens is 433 g/mol. The Bertz CT molecular complexity index is 582. The van der Waals surface area contributed by atoms with Crippen LogP contribution in [-0.4, -0.2) is 54.5 Å². The van der Waals surface area contributed by atoms with Crippen LogP contribution in [-0.2, 0) is 11.3 Å². The van der Waals surface area contributed by atoms with Gasteiger partial charge in [-0.25, -0.2) is 9.98 Å². The summed E-state index contributed by atoms with van der Waals surface area (Å²) in [6.07, 6.45) is 1.50. The maximum atomic E-state index is 11.8. The van der Waals surface area contributed by atoms with Crippen LogP contribution in [0.25, 0.3) is 0 Å². The number of carbonyl (C=O) groups excluding carboxylic acids is 1. The van der Waals surface area contributed by atoms with E-state index in [-0.39, 0.29) is 35.9 Å². The van der Waals surface area contributed by atoms with Gasteiger partial charge >= 0.3 is 0 Å². The Balaban J connectivity index is 0.00000312. The third kappa shape index (κ3) is 6.68. The molecule has 8 heteroatoms.